The molecule has 0 radical (unpaired) electrons. The van der Waals surface area contributed by atoms with Crippen LogP contribution >= 0.6 is 0 Å². The number of nitrogens with two attached hydrogens (primary N) is 1. The van der Waals surface area contributed by atoms with Crippen LogP contribution in [0.4, 0.5) is 0 Å². The monoisotopic (exact) mass is 396 g/mol. The van der Waals surface area contributed by atoms with Gasteiger partial charge in [0.25, 0.3) is 5.91 Å². The Morgan fingerprint density at radius 1 is 1.08 bits per heavy atom. The third-order valence-electron chi connectivity index (χ3n) is 4.68. The molecule has 1 heterocycles. The van der Waals surface area contributed by atoms with Gasteiger partial charge < -0.3 is 11.1 Å². The number of nitrogens with zero attached hydrogens (tertiary/aromatic N) is 2. The summed E-state index contributed by atoms with van der Waals surface area (Å²) in [5.74, 6) is -0.699. The largest absolute Gasteiger partial charge is 0.351 e. The SMILES string of the molecule is CCCS(=O)(=O)N1CCN(S(C)(=O)=O)C1C(=O)NC1CCC(N)CC1. The molecule has 11 heteroatoms. The van der Waals surface area contributed by atoms with Gasteiger partial charge in [-0.15, -0.1) is 0 Å². The summed E-state index contributed by atoms with van der Waals surface area (Å²) in [5, 5.41) is 2.82. The summed E-state index contributed by atoms with van der Waals surface area (Å²) in [7, 11) is -7.41. The maximum Gasteiger partial charge on any atom is 0.254 e. The maximum atomic E-state index is 12.8. The van der Waals surface area contributed by atoms with Crippen molar-refractivity contribution in [2.45, 2.75) is 57.3 Å². The Balaban J connectivity index is 2.21. The molecule has 1 saturated carbocycles. The number of sulfonamides is 2. The molecular formula is C14H28N4O5S2. The van der Waals surface area contributed by atoms with Gasteiger partial charge in [0.1, 0.15) is 0 Å². The van der Waals surface area contributed by atoms with E-state index in [0.717, 1.165) is 27.7 Å². The van der Waals surface area contributed by atoms with Crippen molar-refractivity contribution in [3.8, 4) is 0 Å². The number of amides is 1. The van der Waals surface area contributed by atoms with Gasteiger partial charge in [0.15, 0.2) is 6.17 Å². The Morgan fingerprint density at radius 3 is 2.16 bits per heavy atom. The summed E-state index contributed by atoms with van der Waals surface area (Å²) < 4.78 is 50.9. The highest BCUT2D eigenvalue weighted by atomic mass is 32.2. The highest BCUT2D eigenvalue weighted by Gasteiger charge is 2.47. The maximum absolute atomic E-state index is 12.8. The summed E-state index contributed by atoms with van der Waals surface area (Å²) in [6, 6.07) is 0.0126. The number of carbonyl (C=O) groups excluding carboxylic acids is 1. The minimum absolute atomic E-state index is 0.0109. The van der Waals surface area contributed by atoms with Gasteiger partial charge in [0, 0.05) is 25.2 Å². The van der Waals surface area contributed by atoms with E-state index in [2.05, 4.69) is 5.32 Å². The normalized spacial score (nSPS) is 29.6. The summed E-state index contributed by atoms with van der Waals surface area (Å²) in [5.41, 5.74) is 5.85. The Hall–Kier alpha value is -0.750. The zero-order chi connectivity index (χ0) is 18.8. The first-order chi connectivity index (χ1) is 11.6. The molecule has 2 aliphatic rings. The lowest BCUT2D eigenvalue weighted by atomic mass is 9.92. The number of carbonyl (C=O) groups is 1. The van der Waals surface area contributed by atoms with Crippen LogP contribution < -0.4 is 11.1 Å². The van der Waals surface area contributed by atoms with E-state index in [4.69, 9.17) is 5.73 Å². The van der Waals surface area contributed by atoms with Crippen LogP contribution in [0.2, 0.25) is 0 Å². The van der Waals surface area contributed by atoms with E-state index in [1.807, 2.05) is 0 Å². The Morgan fingerprint density at radius 2 is 1.64 bits per heavy atom. The molecule has 25 heavy (non-hydrogen) atoms. The quantitative estimate of drug-likeness (QED) is 0.593. The van der Waals surface area contributed by atoms with E-state index in [1.165, 1.54) is 0 Å². The molecule has 2 rings (SSSR count). The Bertz CT molecular complexity index is 686. The molecule has 1 atom stereocenters. The van der Waals surface area contributed by atoms with Crippen molar-refractivity contribution in [3.05, 3.63) is 0 Å². The van der Waals surface area contributed by atoms with Gasteiger partial charge in [-0.2, -0.15) is 8.61 Å². The predicted molar refractivity (Wildman–Crippen MR) is 94.5 cm³/mol. The lowest BCUT2D eigenvalue weighted by Crippen LogP contribution is -2.56. The average molecular weight is 397 g/mol. The van der Waals surface area contributed by atoms with Crippen molar-refractivity contribution >= 4 is 26.0 Å². The first-order valence-corrected chi connectivity index (χ1v) is 12.0. The molecule has 0 aromatic rings. The summed E-state index contributed by atoms with van der Waals surface area (Å²) in [6.45, 7) is 1.70. The molecule has 0 aromatic carbocycles. The zero-order valence-corrected chi connectivity index (χ0v) is 16.4. The van der Waals surface area contributed by atoms with Crippen LogP contribution in [0.25, 0.3) is 0 Å². The topological polar surface area (TPSA) is 130 Å². The predicted octanol–water partition coefficient (Wildman–Crippen LogP) is -0.984. The molecule has 9 nitrogen and oxygen atoms in total. The standard InChI is InChI=1S/C14H28N4O5S2/c1-3-10-25(22,23)18-9-8-17(24(2,20)21)14(18)13(19)16-12-6-4-11(15)5-7-12/h11-12,14H,3-10,15H2,1-2H3,(H,16,19). The Kier molecular flexibility index (Phi) is 6.47. The van der Waals surface area contributed by atoms with E-state index < -0.39 is 32.1 Å². The van der Waals surface area contributed by atoms with Gasteiger partial charge in [-0.05, 0) is 32.1 Å². The first kappa shape index (κ1) is 20.6. The van der Waals surface area contributed by atoms with E-state index >= 15 is 0 Å². The van der Waals surface area contributed by atoms with Gasteiger partial charge in [-0.1, -0.05) is 6.92 Å². The second-order valence-corrected chi connectivity index (χ2v) is 10.8. The number of nitrogens with one attached hydrogen (secondary N) is 1. The van der Waals surface area contributed by atoms with Gasteiger partial charge in [-0.25, -0.2) is 16.8 Å². The smallest absolute Gasteiger partial charge is 0.254 e. The molecule has 1 aliphatic carbocycles. The van der Waals surface area contributed by atoms with Crippen LogP contribution in [0.5, 0.6) is 0 Å². The fourth-order valence-corrected chi connectivity index (χ4v) is 6.07. The highest BCUT2D eigenvalue weighted by molar-refractivity contribution is 7.89. The van der Waals surface area contributed by atoms with Gasteiger partial charge in [0.2, 0.25) is 20.0 Å². The number of rotatable bonds is 6. The van der Waals surface area contributed by atoms with Crippen molar-refractivity contribution in [2.75, 3.05) is 25.1 Å². The number of hydrogen-bond acceptors (Lipinski definition) is 6. The van der Waals surface area contributed by atoms with E-state index in [9.17, 15) is 21.6 Å². The average Bonchev–Trinajstić information content (AvgIpc) is 2.95. The lowest BCUT2D eigenvalue weighted by molar-refractivity contribution is -0.127. The molecule has 146 valence electrons. The molecule has 3 N–H and O–H groups in total. The van der Waals surface area contributed by atoms with Crippen molar-refractivity contribution in [2.24, 2.45) is 5.73 Å². The minimum Gasteiger partial charge on any atom is -0.351 e. The summed E-state index contributed by atoms with van der Waals surface area (Å²) in [6.07, 6.45) is 3.02. The molecule has 1 unspecified atom stereocenters. The van der Waals surface area contributed by atoms with Gasteiger partial charge in [-0.3, -0.25) is 4.79 Å². The molecule has 0 bridgehead atoms. The number of hydrogen-bond donors (Lipinski definition) is 2. The first-order valence-electron chi connectivity index (χ1n) is 8.58. The van der Waals surface area contributed by atoms with E-state index in [-0.39, 0.29) is 30.9 Å². The van der Waals surface area contributed by atoms with Crippen LogP contribution in [-0.4, -0.2) is 74.7 Å². The zero-order valence-electron chi connectivity index (χ0n) is 14.7. The fraction of sp³-hybridized carbons (Fsp3) is 0.929. The van der Waals surface area contributed by atoms with E-state index in [1.54, 1.807) is 6.92 Å². The van der Waals surface area contributed by atoms with Gasteiger partial charge >= 0.3 is 0 Å². The second kappa shape index (κ2) is 7.87. The van der Waals surface area contributed by atoms with Gasteiger partial charge in [0.05, 0.1) is 12.0 Å². The van der Waals surface area contributed by atoms with Crippen molar-refractivity contribution in [3.63, 3.8) is 0 Å². The molecule has 2 fully saturated rings. The van der Waals surface area contributed by atoms with Crippen LogP contribution in [0, 0.1) is 0 Å². The van der Waals surface area contributed by atoms with E-state index in [0.29, 0.717) is 19.3 Å². The molecule has 0 aromatic heterocycles. The van der Waals surface area contributed by atoms with Crippen molar-refractivity contribution in [1.29, 1.82) is 0 Å². The second-order valence-electron chi connectivity index (χ2n) is 6.79. The van der Waals surface area contributed by atoms with Crippen molar-refractivity contribution in [1.82, 2.24) is 13.9 Å². The minimum atomic E-state index is -3.71. The molecular weight excluding hydrogens is 368 g/mol. The van der Waals surface area contributed by atoms with Crippen LogP contribution in [0.1, 0.15) is 39.0 Å². The Labute approximate surface area is 150 Å². The van der Waals surface area contributed by atoms with Crippen LogP contribution in [0.15, 0.2) is 0 Å². The molecule has 1 saturated heterocycles. The molecule has 1 amide bonds. The third kappa shape index (κ3) is 4.91. The van der Waals surface area contributed by atoms with Crippen LogP contribution in [-0.2, 0) is 24.8 Å². The summed E-state index contributed by atoms with van der Waals surface area (Å²) >= 11 is 0. The third-order valence-corrected chi connectivity index (χ3v) is 7.94. The van der Waals surface area contributed by atoms with Crippen LogP contribution in [0.3, 0.4) is 0 Å². The van der Waals surface area contributed by atoms with Crippen molar-refractivity contribution < 1.29 is 21.6 Å². The lowest BCUT2D eigenvalue weighted by Gasteiger charge is -2.31. The fourth-order valence-electron chi connectivity index (χ4n) is 3.40. The summed E-state index contributed by atoms with van der Waals surface area (Å²) in [4.78, 5) is 12.8. The molecule has 1 aliphatic heterocycles. The highest BCUT2D eigenvalue weighted by Crippen LogP contribution is 2.24. The molecule has 0 spiro atoms.